The number of hydrogen-bond acceptors (Lipinski definition) is 2. The Kier molecular flexibility index (Phi) is 5.21. The Labute approximate surface area is 129 Å². The molecule has 0 amide bonds. The van der Waals surface area contributed by atoms with Crippen LogP contribution < -0.4 is 10.1 Å². The largest absolute Gasteiger partial charge is 0.457 e. The predicted octanol–water partition coefficient (Wildman–Crippen LogP) is 5.25. The van der Waals surface area contributed by atoms with Gasteiger partial charge in [0.15, 0.2) is 0 Å². The molecule has 1 atom stereocenters. The SMILES string of the molecule is CCNC(C)c1c(F)cccc1Oc1cc(Cl)ccc1C. The highest BCUT2D eigenvalue weighted by Gasteiger charge is 2.17. The topological polar surface area (TPSA) is 21.3 Å². The van der Waals surface area contributed by atoms with Gasteiger partial charge in [-0.3, -0.25) is 0 Å². The van der Waals surface area contributed by atoms with E-state index in [0.717, 1.165) is 12.1 Å². The van der Waals surface area contributed by atoms with E-state index in [2.05, 4.69) is 5.32 Å². The van der Waals surface area contributed by atoms with Crippen LogP contribution in [0.3, 0.4) is 0 Å². The molecule has 0 aliphatic carbocycles. The zero-order valence-corrected chi connectivity index (χ0v) is 13.2. The molecule has 2 rings (SSSR count). The summed E-state index contributed by atoms with van der Waals surface area (Å²) in [4.78, 5) is 0. The van der Waals surface area contributed by atoms with Crippen molar-refractivity contribution in [1.29, 1.82) is 0 Å². The number of halogens is 2. The van der Waals surface area contributed by atoms with E-state index in [9.17, 15) is 4.39 Å². The minimum absolute atomic E-state index is 0.134. The van der Waals surface area contributed by atoms with E-state index in [1.165, 1.54) is 6.07 Å². The van der Waals surface area contributed by atoms with Gasteiger partial charge in [0, 0.05) is 16.6 Å². The lowest BCUT2D eigenvalue weighted by Gasteiger charge is -2.19. The van der Waals surface area contributed by atoms with Crippen LogP contribution in [0, 0.1) is 12.7 Å². The maximum absolute atomic E-state index is 14.2. The summed E-state index contributed by atoms with van der Waals surface area (Å²) in [6.45, 7) is 6.59. The second-order valence-electron chi connectivity index (χ2n) is 4.94. The van der Waals surface area contributed by atoms with Gasteiger partial charge in [-0.15, -0.1) is 0 Å². The van der Waals surface area contributed by atoms with Gasteiger partial charge in [-0.25, -0.2) is 4.39 Å². The number of nitrogens with one attached hydrogen (secondary N) is 1. The first-order valence-electron chi connectivity index (χ1n) is 6.98. The minimum atomic E-state index is -0.277. The van der Waals surface area contributed by atoms with Crippen LogP contribution in [0.25, 0.3) is 0 Å². The molecule has 1 unspecified atom stereocenters. The van der Waals surface area contributed by atoms with E-state index >= 15 is 0 Å². The normalized spacial score (nSPS) is 12.2. The van der Waals surface area contributed by atoms with Crippen molar-refractivity contribution < 1.29 is 9.13 Å². The minimum Gasteiger partial charge on any atom is -0.457 e. The highest BCUT2D eigenvalue weighted by molar-refractivity contribution is 6.30. The number of ether oxygens (including phenoxy) is 1. The molecule has 0 aliphatic rings. The molecule has 0 saturated heterocycles. The fourth-order valence-corrected chi connectivity index (χ4v) is 2.40. The van der Waals surface area contributed by atoms with Crippen LogP contribution in [0.2, 0.25) is 5.02 Å². The molecular formula is C17H19ClFNO. The van der Waals surface area contributed by atoms with Gasteiger partial charge in [0.25, 0.3) is 0 Å². The van der Waals surface area contributed by atoms with Crippen LogP contribution in [-0.2, 0) is 0 Å². The van der Waals surface area contributed by atoms with Crippen LogP contribution in [0.4, 0.5) is 4.39 Å². The van der Waals surface area contributed by atoms with Gasteiger partial charge in [0.1, 0.15) is 17.3 Å². The molecule has 0 heterocycles. The van der Waals surface area contributed by atoms with Crippen molar-refractivity contribution >= 4 is 11.6 Å². The summed E-state index contributed by atoms with van der Waals surface area (Å²) >= 11 is 6.00. The molecule has 0 bridgehead atoms. The van der Waals surface area contributed by atoms with Crippen LogP contribution in [0.1, 0.15) is 31.0 Å². The molecule has 0 spiro atoms. The predicted molar refractivity (Wildman–Crippen MR) is 84.8 cm³/mol. The van der Waals surface area contributed by atoms with E-state index in [1.807, 2.05) is 26.8 Å². The molecule has 0 aliphatic heterocycles. The Hall–Kier alpha value is -1.58. The summed E-state index contributed by atoms with van der Waals surface area (Å²) in [7, 11) is 0. The summed E-state index contributed by atoms with van der Waals surface area (Å²) in [6.07, 6.45) is 0. The smallest absolute Gasteiger partial charge is 0.135 e. The van der Waals surface area contributed by atoms with Crippen molar-refractivity contribution in [2.24, 2.45) is 0 Å². The third-order valence-electron chi connectivity index (χ3n) is 3.33. The molecule has 1 N–H and O–H groups in total. The summed E-state index contributed by atoms with van der Waals surface area (Å²) < 4.78 is 20.1. The fourth-order valence-electron chi connectivity index (χ4n) is 2.24. The first kappa shape index (κ1) is 15.8. The van der Waals surface area contributed by atoms with Gasteiger partial charge >= 0.3 is 0 Å². The molecule has 21 heavy (non-hydrogen) atoms. The molecule has 2 aromatic rings. The summed E-state index contributed by atoms with van der Waals surface area (Å²) in [5, 5.41) is 3.80. The van der Waals surface area contributed by atoms with Crippen LogP contribution in [0.5, 0.6) is 11.5 Å². The highest BCUT2D eigenvalue weighted by atomic mass is 35.5. The van der Waals surface area contributed by atoms with Crippen LogP contribution >= 0.6 is 11.6 Å². The lowest BCUT2D eigenvalue weighted by molar-refractivity contribution is 0.446. The Morgan fingerprint density at radius 1 is 1.24 bits per heavy atom. The second-order valence-corrected chi connectivity index (χ2v) is 5.38. The number of aryl methyl sites for hydroxylation is 1. The van der Waals surface area contributed by atoms with Crippen molar-refractivity contribution in [3.8, 4) is 11.5 Å². The summed E-state index contributed by atoms with van der Waals surface area (Å²) in [5.41, 5.74) is 1.48. The lowest BCUT2D eigenvalue weighted by Crippen LogP contribution is -2.19. The Morgan fingerprint density at radius 2 is 2.00 bits per heavy atom. The van der Waals surface area contributed by atoms with Crippen LogP contribution in [0.15, 0.2) is 36.4 Å². The van der Waals surface area contributed by atoms with Crippen molar-refractivity contribution in [2.45, 2.75) is 26.8 Å². The number of benzene rings is 2. The standard InChI is InChI=1S/C17H19ClFNO/c1-4-20-12(3)17-14(19)6-5-7-15(17)21-16-10-13(18)9-8-11(16)2/h5-10,12,20H,4H2,1-3H3. The van der Waals surface area contributed by atoms with E-state index in [-0.39, 0.29) is 11.9 Å². The third-order valence-corrected chi connectivity index (χ3v) is 3.56. The van der Waals surface area contributed by atoms with Gasteiger partial charge in [-0.2, -0.15) is 0 Å². The lowest BCUT2D eigenvalue weighted by atomic mass is 10.1. The van der Waals surface area contributed by atoms with Crippen molar-refractivity contribution in [1.82, 2.24) is 5.32 Å². The molecular weight excluding hydrogens is 289 g/mol. The summed E-state index contributed by atoms with van der Waals surface area (Å²) in [6, 6.07) is 10.1. The molecule has 0 aromatic heterocycles. The zero-order valence-electron chi connectivity index (χ0n) is 12.4. The number of rotatable bonds is 5. The van der Waals surface area contributed by atoms with Crippen molar-refractivity contribution in [3.63, 3.8) is 0 Å². The van der Waals surface area contributed by atoms with Gasteiger partial charge < -0.3 is 10.1 Å². The average Bonchev–Trinajstić information content (AvgIpc) is 2.43. The van der Waals surface area contributed by atoms with E-state index in [1.54, 1.807) is 24.3 Å². The van der Waals surface area contributed by atoms with Gasteiger partial charge in [-0.1, -0.05) is 30.7 Å². The molecule has 0 radical (unpaired) electrons. The van der Waals surface area contributed by atoms with Gasteiger partial charge in [0.2, 0.25) is 0 Å². The maximum Gasteiger partial charge on any atom is 0.135 e. The Morgan fingerprint density at radius 3 is 2.71 bits per heavy atom. The molecule has 2 nitrogen and oxygen atoms in total. The second kappa shape index (κ2) is 6.92. The molecule has 112 valence electrons. The van der Waals surface area contributed by atoms with Gasteiger partial charge in [-0.05, 0) is 50.2 Å². The van der Waals surface area contributed by atoms with Crippen molar-refractivity contribution in [2.75, 3.05) is 6.54 Å². The fraction of sp³-hybridized carbons (Fsp3) is 0.294. The maximum atomic E-state index is 14.2. The highest BCUT2D eigenvalue weighted by Crippen LogP contribution is 2.34. The van der Waals surface area contributed by atoms with E-state index in [0.29, 0.717) is 22.1 Å². The number of hydrogen-bond donors (Lipinski definition) is 1. The Bertz CT molecular complexity index is 630. The molecule has 0 saturated carbocycles. The first-order chi connectivity index (χ1) is 10.0. The van der Waals surface area contributed by atoms with Crippen LogP contribution in [-0.4, -0.2) is 6.54 Å². The van der Waals surface area contributed by atoms with E-state index < -0.39 is 0 Å². The summed E-state index contributed by atoms with van der Waals surface area (Å²) in [5.74, 6) is 0.868. The molecule has 4 heteroatoms. The molecule has 0 fully saturated rings. The Balaban J connectivity index is 2.40. The van der Waals surface area contributed by atoms with Gasteiger partial charge in [0.05, 0.1) is 0 Å². The monoisotopic (exact) mass is 307 g/mol. The average molecular weight is 308 g/mol. The molecule has 2 aromatic carbocycles. The third kappa shape index (κ3) is 3.74. The van der Waals surface area contributed by atoms with Crippen molar-refractivity contribution in [3.05, 3.63) is 58.4 Å². The zero-order chi connectivity index (χ0) is 15.4. The first-order valence-corrected chi connectivity index (χ1v) is 7.36. The van der Waals surface area contributed by atoms with E-state index in [4.69, 9.17) is 16.3 Å². The quantitative estimate of drug-likeness (QED) is 0.814.